The van der Waals surface area contributed by atoms with Gasteiger partial charge in [-0.15, -0.1) is 0 Å². The quantitative estimate of drug-likeness (QED) is 0.631. The number of hydrogen-bond donors (Lipinski definition) is 2. The Bertz CT molecular complexity index is 886. The summed E-state index contributed by atoms with van der Waals surface area (Å²) in [6.45, 7) is 0.321. The number of benzene rings is 2. The highest BCUT2D eigenvalue weighted by atomic mass is 32.2. The fourth-order valence-electron chi connectivity index (χ4n) is 1.88. The van der Waals surface area contributed by atoms with Gasteiger partial charge in [0.15, 0.2) is 0 Å². The maximum absolute atomic E-state index is 11.3. The molecule has 3 N–H and O–H groups in total. The smallest absolute Gasteiger partial charge is 0.269 e. The van der Waals surface area contributed by atoms with Crippen LogP contribution in [0.15, 0.2) is 47.4 Å². The van der Waals surface area contributed by atoms with E-state index in [-0.39, 0.29) is 16.1 Å². The molecule has 9 heteroatoms. The minimum atomic E-state index is -3.87. The second-order valence-electron chi connectivity index (χ2n) is 4.64. The van der Waals surface area contributed by atoms with Crippen molar-refractivity contribution in [3.05, 3.63) is 63.7 Å². The Morgan fingerprint density at radius 2 is 1.87 bits per heavy atom. The molecular weight excluding hydrogens is 320 g/mol. The molecule has 0 atom stereocenters. The molecule has 0 aliphatic carbocycles. The number of primary sulfonamides is 1. The van der Waals surface area contributed by atoms with Crippen LogP contribution in [-0.2, 0) is 16.6 Å². The van der Waals surface area contributed by atoms with Crippen LogP contribution >= 0.6 is 0 Å². The van der Waals surface area contributed by atoms with Crippen molar-refractivity contribution in [3.8, 4) is 6.07 Å². The third-order valence-electron chi connectivity index (χ3n) is 3.07. The van der Waals surface area contributed by atoms with E-state index in [1.807, 2.05) is 6.07 Å². The first kappa shape index (κ1) is 16.4. The number of nitro benzene ring substituents is 1. The summed E-state index contributed by atoms with van der Waals surface area (Å²) in [4.78, 5) is 9.95. The highest BCUT2D eigenvalue weighted by Gasteiger charge is 2.11. The Morgan fingerprint density at radius 1 is 1.22 bits per heavy atom. The molecule has 0 saturated carbocycles. The van der Waals surface area contributed by atoms with Crippen LogP contribution in [0.5, 0.6) is 0 Å². The molecule has 0 heterocycles. The van der Waals surface area contributed by atoms with Crippen molar-refractivity contribution in [3.63, 3.8) is 0 Å². The van der Waals surface area contributed by atoms with Gasteiger partial charge in [0.05, 0.1) is 21.1 Å². The average molecular weight is 332 g/mol. The summed E-state index contributed by atoms with van der Waals surface area (Å²) in [5.41, 5.74) is 1.34. The van der Waals surface area contributed by atoms with E-state index < -0.39 is 14.9 Å². The topological polar surface area (TPSA) is 139 Å². The van der Waals surface area contributed by atoms with Crippen molar-refractivity contribution in [1.82, 2.24) is 0 Å². The number of anilines is 1. The van der Waals surface area contributed by atoms with Crippen molar-refractivity contribution in [2.75, 3.05) is 5.32 Å². The maximum Gasteiger partial charge on any atom is 0.269 e. The van der Waals surface area contributed by atoms with Crippen molar-refractivity contribution in [1.29, 1.82) is 5.26 Å². The lowest BCUT2D eigenvalue weighted by atomic mass is 10.1. The van der Waals surface area contributed by atoms with Gasteiger partial charge in [0.25, 0.3) is 5.69 Å². The molecule has 23 heavy (non-hydrogen) atoms. The number of nitrogens with one attached hydrogen (secondary N) is 1. The molecule has 0 spiro atoms. The minimum Gasteiger partial charge on any atom is -0.380 e. The zero-order valence-corrected chi connectivity index (χ0v) is 12.6. The molecule has 2 rings (SSSR count). The van der Waals surface area contributed by atoms with E-state index in [4.69, 9.17) is 10.4 Å². The number of nitrogens with zero attached hydrogens (tertiary/aromatic N) is 2. The van der Waals surface area contributed by atoms with Gasteiger partial charge >= 0.3 is 0 Å². The first-order chi connectivity index (χ1) is 10.8. The summed E-state index contributed by atoms with van der Waals surface area (Å²) in [6, 6.07) is 11.8. The predicted molar refractivity (Wildman–Crippen MR) is 83.0 cm³/mol. The summed E-state index contributed by atoms with van der Waals surface area (Å²) in [6.07, 6.45) is 0. The Hall–Kier alpha value is -2.96. The normalized spacial score (nSPS) is 10.8. The zero-order valence-electron chi connectivity index (χ0n) is 11.8. The molecule has 0 aromatic heterocycles. The molecule has 0 aliphatic rings. The fraction of sp³-hybridized carbons (Fsp3) is 0.0714. The van der Waals surface area contributed by atoms with Crippen molar-refractivity contribution < 1.29 is 13.3 Å². The lowest BCUT2D eigenvalue weighted by molar-refractivity contribution is -0.384. The van der Waals surface area contributed by atoms with Crippen LogP contribution in [0, 0.1) is 21.4 Å². The Morgan fingerprint density at radius 3 is 2.39 bits per heavy atom. The average Bonchev–Trinajstić information content (AvgIpc) is 2.52. The number of sulfonamides is 1. The van der Waals surface area contributed by atoms with E-state index in [9.17, 15) is 18.5 Å². The van der Waals surface area contributed by atoms with E-state index in [1.54, 1.807) is 12.1 Å². The number of nitro groups is 1. The molecule has 2 aromatic rings. The molecule has 0 aliphatic heterocycles. The van der Waals surface area contributed by atoms with Crippen LogP contribution < -0.4 is 10.5 Å². The summed E-state index contributed by atoms with van der Waals surface area (Å²) in [5.74, 6) is 0. The van der Waals surface area contributed by atoms with E-state index in [0.717, 1.165) is 5.56 Å². The lowest BCUT2D eigenvalue weighted by Crippen LogP contribution is -2.12. The largest absolute Gasteiger partial charge is 0.380 e. The van der Waals surface area contributed by atoms with Gasteiger partial charge in [-0.2, -0.15) is 5.26 Å². The summed E-state index contributed by atoms with van der Waals surface area (Å²) in [5, 5.41) is 27.7. The Kier molecular flexibility index (Phi) is 4.59. The number of nitriles is 1. The van der Waals surface area contributed by atoms with Gasteiger partial charge in [0, 0.05) is 18.7 Å². The molecule has 0 fully saturated rings. The van der Waals surface area contributed by atoms with E-state index in [1.165, 1.54) is 30.3 Å². The molecule has 0 bridgehead atoms. The fourth-order valence-corrected chi connectivity index (χ4v) is 2.42. The molecular formula is C14H12N4O4S. The third-order valence-corrected chi connectivity index (χ3v) is 3.98. The molecule has 0 amide bonds. The highest BCUT2D eigenvalue weighted by molar-refractivity contribution is 7.89. The number of rotatable bonds is 5. The zero-order chi connectivity index (χ0) is 17.0. The number of non-ortho nitro benzene ring substituents is 1. The Balaban J connectivity index is 2.17. The van der Waals surface area contributed by atoms with Crippen LogP contribution in [0.2, 0.25) is 0 Å². The molecule has 0 radical (unpaired) electrons. The maximum atomic E-state index is 11.3. The third kappa shape index (κ3) is 4.03. The monoisotopic (exact) mass is 332 g/mol. The molecule has 0 unspecified atom stereocenters. The highest BCUT2D eigenvalue weighted by Crippen LogP contribution is 2.20. The summed E-state index contributed by atoms with van der Waals surface area (Å²) in [7, 11) is -3.87. The van der Waals surface area contributed by atoms with Crippen molar-refractivity contribution in [2.24, 2.45) is 5.14 Å². The lowest BCUT2D eigenvalue weighted by Gasteiger charge is -2.09. The SMILES string of the molecule is N#Cc1cc(S(N)(=O)=O)ccc1NCc1ccc([N+](=O)[O-])cc1. The first-order valence-corrected chi connectivity index (χ1v) is 7.90. The minimum absolute atomic E-state index is 0.0102. The summed E-state index contributed by atoms with van der Waals surface area (Å²) >= 11 is 0. The van der Waals surface area contributed by atoms with Crippen molar-refractivity contribution in [2.45, 2.75) is 11.4 Å². The molecule has 118 valence electrons. The number of nitrogens with two attached hydrogens (primary N) is 1. The van der Waals surface area contributed by atoms with Gasteiger partial charge in [-0.3, -0.25) is 10.1 Å². The predicted octanol–water partition coefficient (Wildman–Crippen LogP) is 1.73. The van der Waals surface area contributed by atoms with Crippen LogP contribution in [0.1, 0.15) is 11.1 Å². The van der Waals surface area contributed by atoms with Gasteiger partial charge in [-0.1, -0.05) is 12.1 Å². The van der Waals surface area contributed by atoms with Gasteiger partial charge in [0.2, 0.25) is 10.0 Å². The van der Waals surface area contributed by atoms with Gasteiger partial charge in [-0.25, -0.2) is 13.6 Å². The van der Waals surface area contributed by atoms with Crippen molar-refractivity contribution >= 4 is 21.4 Å². The van der Waals surface area contributed by atoms with E-state index in [0.29, 0.717) is 12.2 Å². The Labute approximate surface area is 132 Å². The van der Waals surface area contributed by atoms with Crippen LogP contribution in [0.3, 0.4) is 0 Å². The molecule has 0 saturated heterocycles. The van der Waals surface area contributed by atoms with Crippen LogP contribution in [0.4, 0.5) is 11.4 Å². The van der Waals surface area contributed by atoms with Gasteiger partial charge < -0.3 is 5.32 Å². The second-order valence-corrected chi connectivity index (χ2v) is 6.20. The standard InChI is InChI=1S/C14H12N4O4S/c15-8-11-7-13(23(16,21)22)5-6-14(11)17-9-10-1-3-12(4-2-10)18(19)20/h1-7,17H,9H2,(H2,16,21,22). The molecule has 2 aromatic carbocycles. The molecule has 8 nitrogen and oxygen atoms in total. The summed E-state index contributed by atoms with van der Waals surface area (Å²) < 4.78 is 22.5. The van der Waals surface area contributed by atoms with E-state index in [2.05, 4.69) is 5.32 Å². The van der Waals surface area contributed by atoms with Gasteiger partial charge in [0.1, 0.15) is 6.07 Å². The second kappa shape index (κ2) is 6.43. The van der Waals surface area contributed by atoms with E-state index >= 15 is 0 Å². The van der Waals surface area contributed by atoms with Crippen LogP contribution in [0.25, 0.3) is 0 Å². The number of hydrogen-bond acceptors (Lipinski definition) is 6. The first-order valence-electron chi connectivity index (χ1n) is 6.35. The van der Waals surface area contributed by atoms with Gasteiger partial charge in [-0.05, 0) is 23.8 Å². The van der Waals surface area contributed by atoms with Crippen LogP contribution in [-0.4, -0.2) is 13.3 Å².